The number of rotatable bonds is 1. The van der Waals surface area contributed by atoms with E-state index in [2.05, 4.69) is 25.3 Å². The Labute approximate surface area is 101 Å². The van der Waals surface area contributed by atoms with Gasteiger partial charge in [-0.2, -0.15) is 10.2 Å². The predicted octanol–water partition coefficient (Wildman–Crippen LogP) is 1.67. The molecular formula is C12H8N6. The van der Waals surface area contributed by atoms with Crippen molar-refractivity contribution in [2.24, 2.45) is 0 Å². The van der Waals surface area contributed by atoms with Crippen molar-refractivity contribution in [3.05, 3.63) is 43.1 Å². The molecule has 18 heavy (non-hydrogen) atoms. The quantitative estimate of drug-likeness (QED) is 0.545. The highest BCUT2D eigenvalue weighted by Crippen LogP contribution is 2.23. The first kappa shape index (κ1) is 9.29. The number of nitrogens with zero attached hydrogens (tertiary/aromatic N) is 5. The molecule has 0 bridgehead atoms. The zero-order valence-corrected chi connectivity index (χ0v) is 9.28. The monoisotopic (exact) mass is 236 g/mol. The van der Waals surface area contributed by atoms with Gasteiger partial charge in [-0.3, -0.25) is 10.1 Å². The predicted molar refractivity (Wildman–Crippen MR) is 65.9 cm³/mol. The lowest BCUT2D eigenvalue weighted by Crippen LogP contribution is -1.88. The highest BCUT2D eigenvalue weighted by atomic mass is 15.2. The molecule has 0 saturated carbocycles. The molecule has 0 aromatic carbocycles. The van der Waals surface area contributed by atoms with Crippen LogP contribution in [0.15, 0.2) is 43.1 Å². The van der Waals surface area contributed by atoms with Crippen molar-refractivity contribution in [2.75, 3.05) is 0 Å². The number of fused-ring (bicyclic) bond motifs is 2. The molecule has 4 rings (SSSR count). The van der Waals surface area contributed by atoms with E-state index in [9.17, 15) is 0 Å². The van der Waals surface area contributed by atoms with Crippen LogP contribution in [0.1, 0.15) is 0 Å². The molecule has 0 atom stereocenters. The van der Waals surface area contributed by atoms with Gasteiger partial charge in [0.05, 0.1) is 29.2 Å². The van der Waals surface area contributed by atoms with E-state index < -0.39 is 0 Å². The van der Waals surface area contributed by atoms with Gasteiger partial charge in [0.25, 0.3) is 0 Å². The fourth-order valence-electron chi connectivity index (χ4n) is 1.99. The van der Waals surface area contributed by atoms with Crippen LogP contribution in [0.25, 0.3) is 27.8 Å². The van der Waals surface area contributed by atoms with Crippen molar-refractivity contribution in [2.45, 2.75) is 0 Å². The third kappa shape index (κ3) is 1.22. The Hall–Kier alpha value is -2.76. The Bertz CT molecular complexity index is 844. The lowest BCUT2D eigenvalue weighted by Gasteiger charge is -1.97. The molecule has 0 amide bonds. The van der Waals surface area contributed by atoms with E-state index in [0.29, 0.717) is 0 Å². The lowest BCUT2D eigenvalue weighted by molar-refractivity contribution is 0.939. The standard InChI is InChI=1S/C12H8N6/c1-2-13-12-9(7-16-18(12)3-1)11-4-10-8(5-14-11)6-15-17-10/h1-7H,(H,15,17). The van der Waals surface area contributed by atoms with E-state index in [0.717, 1.165) is 27.8 Å². The zero-order valence-electron chi connectivity index (χ0n) is 9.28. The Morgan fingerprint density at radius 2 is 2.11 bits per heavy atom. The molecule has 1 N–H and O–H groups in total. The first-order valence-corrected chi connectivity index (χ1v) is 5.50. The molecule has 4 aromatic heterocycles. The van der Waals surface area contributed by atoms with Gasteiger partial charge in [-0.05, 0) is 12.1 Å². The normalized spacial score (nSPS) is 11.3. The molecule has 6 heteroatoms. The molecule has 0 aliphatic carbocycles. The Morgan fingerprint density at radius 3 is 3.11 bits per heavy atom. The summed E-state index contributed by atoms with van der Waals surface area (Å²) in [5.74, 6) is 0. The van der Waals surface area contributed by atoms with Gasteiger partial charge < -0.3 is 0 Å². The van der Waals surface area contributed by atoms with Crippen LogP contribution in [-0.4, -0.2) is 29.8 Å². The van der Waals surface area contributed by atoms with Crippen molar-refractivity contribution >= 4 is 16.6 Å². The van der Waals surface area contributed by atoms with Crippen molar-refractivity contribution in [1.82, 2.24) is 29.8 Å². The summed E-state index contributed by atoms with van der Waals surface area (Å²) in [6, 6.07) is 3.79. The van der Waals surface area contributed by atoms with Gasteiger partial charge in [0, 0.05) is 24.0 Å². The molecule has 0 spiro atoms. The van der Waals surface area contributed by atoms with Gasteiger partial charge in [0.1, 0.15) is 0 Å². The maximum Gasteiger partial charge on any atom is 0.164 e. The average Bonchev–Trinajstić information content (AvgIpc) is 3.04. The Balaban J connectivity index is 2.00. The van der Waals surface area contributed by atoms with Crippen molar-refractivity contribution in [1.29, 1.82) is 0 Å². The molecule has 86 valence electrons. The molecular weight excluding hydrogens is 228 g/mol. The van der Waals surface area contributed by atoms with Gasteiger partial charge in [-0.15, -0.1) is 0 Å². The van der Waals surface area contributed by atoms with Crippen LogP contribution in [0.3, 0.4) is 0 Å². The molecule has 4 heterocycles. The summed E-state index contributed by atoms with van der Waals surface area (Å²) in [5.41, 5.74) is 3.49. The van der Waals surface area contributed by atoms with Crippen LogP contribution >= 0.6 is 0 Å². The minimum atomic E-state index is 0.795. The van der Waals surface area contributed by atoms with Gasteiger partial charge in [0.2, 0.25) is 0 Å². The van der Waals surface area contributed by atoms with Crippen LogP contribution in [-0.2, 0) is 0 Å². The summed E-state index contributed by atoms with van der Waals surface area (Å²) in [6.07, 6.45) is 8.92. The number of H-pyrrole nitrogens is 1. The Morgan fingerprint density at radius 1 is 1.11 bits per heavy atom. The van der Waals surface area contributed by atoms with Gasteiger partial charge >= 0.3 is 0 Å². The smallest absolute Gasteiger partial charge is 0.164 e. The van der Waals surface area contributed by atoms with Gasteiger partial charge in [-0.1, -0.05) is 0 Å². The summed E-state index contributed by atoms with van der Waals surface area (Å²) in [4.78, 5) is 8.74. The Kier molecular flexibility index (Phi) is 1.74. The topological polar surface area (TPSA) is 71.8 Å². The highest BCUT2D eigenvalue weighted by Gasteiger charge is 2.09. The second kappa shape index (κ2) is 3.36. The second-order valence-electron chi connectivity index (χ2n) is 3.97. The first-order valence-electron chi connectivity index (χ1n) is 5.50. The minimum Gasteiger partial charge on any atom is -0.278 e. The maximum atomic E-state index is 4.42. The fourth-order valence-corrected chi connectivity index (χ4v) is 1.99. The summed E-state index contributed by atoms with van der Waals surface area (Å²) >= 11 is 0. The van der Waals surface area contributed by atoms with Crippen LogP contribution in [0.2, 0.25) is 0 Å². The van der Waals surface area contributed by atoms with Crippen molar-refractivity contribution in [3.8, 4) is 11.3 Å². The minimum absolute atomic E-state index is 0.795. The highest BCUT2D eigenvalue weighted by molar-refractivity contribution is 5.84. The molecule has 0 radical (unpaired) electrons. The largest absolute Gasteiger partial charge is 0.278 e. The van der Waals surface area contributed by atoms with Gasteiger partial charge in [-0.25, -0.2) is 9.50 Å². The van der Waals surface area contributed by atoms with E-state index in [1.807, 2.05) is 18.3 Å². The summed E-state index contributed by atoms with van der Waals surface area (Å²) in [7, 11) is 0. The third-order valence-electron chi connectivity index (χ3n) is 2.88. The second-order valence-corrected chi connectivity index (χ2v) is 3.97. The van der Waals surface area contributed by atoms with E-state index >= 15 is 0 Å². The number of hydrogen-bond donors (Lipinski definition) is 1. The van der Waals surface area contributed by atoms with E-state index in [-0.39, 0.29) is 0 Å². The molecule has 0 fully saturated rings. The summed E-state index contributed by atoms with van der Waals surface area (Å²) < 4.78 is 1.73. The number of pyridine rings is 1. The molecule has 0 unspecified atom stereocenters. The summed E-state index contributed by atoms with van der Waals surface area (Å²) in [6.45, 7) is 0. The summed E-state index contributed by atoms with van der Waals surface area (Å²) in [5, 5.41) is 12.2. The molecule has 0 saturated heterocycles. The maximum absolute atomic E-state index is 4.42. The third-order valence-corrected chi connectivity index (χ3v) is 2.88. The molecule has 0 aliphatic heterocycles. The number of aromatic nitrogens is 6. The SMILES string of the molecule is c1cnc2c(-c3cc4[nH]ncc4cn3)cnn2c1. The number of hydrogen-bond acceptors (Lipinski definition) is 4. The average molecular weight is 236 g/mol. The van der Waals surface area contributed by atoms with Gasteiger partial charge in [0.15, 0.2) is 5.65 Å². The fraction of sp³-hybridized carbons (Fsp3) is 0. The van der Waals surface area contributed by atoms with Crippen LogP contribution in [0.4, 0.5) is 0 Å². The van der Waals surface area contributed by atoms with E-state index in [1.165, 1.54) is 0 Å². The zero-order chi connectivity index (χ0) is 11.9. The molecule has 0 aliphatic rings. The number of nitrogens with one attached hydrogen (secondary N) is 1. The van der Waals surface area contributed by atoms with Crippen LogP contribution in [0, 0.1) is 0 Å². The van der Waals surface area contributed by atoms with Crippen molar-refractivity contribution in [3.63, 3.8) is 0 Å². The molecule has 4 aromatic rings. The van der Waals surface area contributed by atoms with E-state index in [4.69, 9.17) is 0 Å². The van der Waals surface area contributed by atoms with Crippen LogP contribution < -0.4 is 0 Å². The lowest BCUT2D eigenvalue weighted by atomic mass is 10.2. The molecule has 6 nitrogen and oxygen atoms in total. The first-order chi connectivity index (χ1) is 8.92. The van der Waals surface area contributed by atoms with E-state index in [1.54, 1.807) is 29.3 Å². The number of aromatic amines is 1. The van der Waals surface area contributed by atoms with Crippen LogP contribution in [0.5, 0.6) is 0 Å². The van der Waals surface area contributed by atoms with Crippen molar-refractivity contribution < 1.29 is 0 Å².